The van der Waals surface area contributed by atoms with Crippen molar-refractivity contribution in [1.29, 1.82) is 0 Å². The average molecular weight is 230 g/mol. The van der Waals surface area contributed by atoms with Crippen molar-refractivity contribution in [2.24, 2.45) is 5.41 Å². The fraction of sp³-hybridized carbons (Fsp3) is 0.625. The minimum Gasteiger partial charge on any atom is -0.396 e. The molecule has 0 spiro atoms. The zero-order valence-electron chi connectivity index (χ0n) is 10.5. The van der Waals surface area contributed by atoms with Crippen molar-refractivity contribution >= 4 is 0 Å². The van der Waals surface area contributed by atoms with E-state index in [0.717, 1.165) is 6.42 Å². The zero-order valence-corrected chi connectivity index (χ0v) is 10.5. The molecule has 1 nitrogen and oxygen atoms in total. The fourth-order valence-corrected chi connectivity index (χ4v) is 3.68. The molecule has 0 atom stereocenters. The van der Waals surface area contributed by atoms with Gasteiger partial charge in [0.2, 0.25) is 0 Å². The number of benzene rings is 1. The third-order valence-electron chi connectivity index (χ3n) is 4.74. The summed E-state index contributed by atoms with van der Waals surface area (Å²) < 4.78 is 0. The van der Waals surface area contributed by atoms with Gasteiger partial charge in [0.1, 0.15) is 0 Å². The topological polar surface area (TPSA) is 20.2 Å². The molecular weight excluding hydrogens is 208 g/mol. The van der Waals surface area contributed by atoms with E-state index in [1.807, 2.05) is 0 Å². The van der Waals surface area contributed by atoms with Gasteiger partial charge < -0.3 is 5.11 Å². The molecule has 3 rings (SSSR count). The van der Waals surface area contributed by atoms with E-state index < -0.39 is 0 Å². The Labute approximate surface area is 104 Å². The number of aliphatic hydroxyl groups is 1. The summed E-state index contributed by atoms with van der Waals surface area (Å²) in [6, 6.07) is 7.01. The number of fused-ring (bicyclic) bond motifs is 1. The van der Waals surface area contributed by atoms with Gasteiger partial charge in [-0.05, 0) is 60.6 Å². The average Bonchev–Trinajstić information content (AvgIpc) is 2.97. The summed E-state index contributed by atoms with van der Waals surface area (Å²) in [4.78, 5) is 0. The summed E-state index contributed by atoms with van der Waals surface area (Å²) >= 11 is 0. The van der Waals surface area contributed by atoms with Crippen LogP contribution >= 0.6 is 0 Å². The van der Waals surface area contributed by atoms with Gasteiger partial charge in [-0.1, -0.05) is 31.0 Å². The van der Waals surface area contributed by atoms with Crippen LogP contribution in [-0.2, 0) is 19.3 Å². The Balaban J connectivity index is 1.80. The van der Waals surface area contributed by atoms with Gasteiger partial charge in [-0.3, -0.25) is 0 Å². The maximum Gasteiger partial charge on any atom is 0.0490 e. The van der Waals surface area contributed by atoms with E-state index >= 15 is 0 Å². The zero-order chi connectivity index (χ0) is 11.7. The van der Waals surface area contributed by atoms with Gasteiger partial charge in [0, 0.05) is 6.61 Å². The number of aliphatic hydroxyl groups excluding tert-OH is 1. The highest BCUT2D eigenvalue weighted by Crippen LogP contribution is 2.40. The van der Waals surface area contributed by atoms with Crippen LogP contribution in [0.2, 0.25) is 0 Å². The van der Waals surface area contributed by atoms with Crippen LogP contribution in [0.3, 0.4) is 0 Å². The Bertz CT molecular complexity index is 402. The standard InChI is InChI=1S/C16H22O/c17-12-16(8-1-2-9-16)11-13-6-7-14-4-3-5-15(14)10-13/h6-7,10,17H,1-5,8-9,11-12H2. The molecule has 17 heavy (non-hydrogen) atoms. The van der Waals surface area contributed by atoms with Gasteiger partial charge >= 0.3 is 0 Å². The molecule has 1 aromatic carbocycles. The van der Waals surface area contributed by atoms with Crippen molar-refractivity contribution in [2.45, 2.75) is 51.4 Å². The van der Waals surface area contributed by atoms with Gasteiger partial charge in [0.15, 0.2) is 0 Å². The molecule has 1 N–H and O–H groups in total. The Morgan fingerprint density at radius 3 is 2.53 bits per heavy atom. The van der Waals surface area contributed by atoms with Crippen molar-refractivity contribution in [3.63, 3.8) is 0 Å². The Morgan fingerprint density at radius 2 is 1.76 bits per heavy atom. The molecule has 1 aromatic rings. The van der Waals surface area contributed by atoms with Gasteiger partial charge in [0.25, 0.3) is 0 Å². The number of aryl methyl sites for hydroxylation is 2. The van der Waals surface area contributed by atoms with Gasteiger partial charge in [-0.2, -0.15) is 0 Å². The lowest BCUT2D eigenvalue weighted by Gasteiger charge is -2.26. The molecule has 0 aliphatic heterocycles. The van der Waals surface area contributed by atoms with E-state index in [-0.39, 0.29) is 5.41 Å². The van der Waals surface area contributed by atoms with Gasteiger partial charge in [-0.15, -0.1) is 0 Å². The van der Waals surface area contributed by atoms with Crippen LogP contribution in [0, 0.1) is 5.41 Å². The normalized spacial score (nSPS) is 21.7. The molecule has 1 fully saturated rings. The van der Waals surface area contributed by atoms with E-state index in [1.54, 1.807) is 11.1 Å². The third kappa shape index (κ3) is 2.13. The van der Waals surface area contributed by atoms with Crippen molar-refractivity contribution < 1.29 is 5.11 Å². The highest BCUT2D eigenvalue weighted by molar-refractivity contribution is 5.35. The Morgan fingerprint density at radius 1 is 1.00 bits per heavy atom. The molecule has 1 heteroatoms. The van der Waals surface area contributed by atoms with Crippen molar-refractivity contribution in [3.05, 3.63) is 34.9 Å². The predicted molar refractivity (Wildman–Crippen MR) is 70.2 cm³/mol. The first-order valence-corrected chi connectivity index (χ1v) is 7.03. The molecule has 0 aromatic heterocycles. The summed E-state index contributed by atoms with van der Waals surface area (Å²) in [5, 5.41) is 9.67. The van der Waals surface area contributed by atoms with Crippen molar-refractivity contribution in [1.82, 2.24) is 0 Å². The summed E-state index contributed by atoms with van der Waals surface area (Å²) in [6.45, 7) is 0.365. The highest BCUT2D eigenvalue weighted by Gasteiger charge is 2.33. The van der Waals surface area contributed by atoms with Crippen LogP contribution in [0.5, 0.6) is 0 Å². The van der Waals surface area contributed by atoms with Crippen LogP contribution in [0.15, 0.2) is 18.2 Å². The molecule has 1 saturated carbocycles. The SMILES string of the molecule is OCC1(Cc2ccc3c(c2)CCC3)CCCC1. The van der Waals surface area contributed by atoms with Crippen LogP contribution in [0.1, 0.15) is 48.8 Å². The lowest BCUT2D eigenvalue weighted by atomic mass is 9.80. The quantitative estimate of drug-likeness (QED) is 0.845. The summed E-state index contributed by atoms with van der Waals surface area (Å²) in [5.41, 5.74) is 4.76. The van der Waals surface area contributed by atoms with Crippen molar-refractivity contribution in [2.75, 3.05) is 6.61 Å². The molecule has 0 saturated heterocycles. The number of hydrogen-bond donors (Lipinski definition) is 1. The van der Waals surface area contributed by atoms with E-state index in [4.69, 9.17) is 0 Å². The van der Waals surface area contributed by atoms with Crippen LogP contribution in [0.4, 0.5) is 0 Å². The van der Waals surface area contributed by atoms with E-state index in [2.05, 4.69) is 18.2 Å². The first-order valence-electron chi connectivity index (χ1n) is 7.03. The fourth-order valence-electron chi connectivity index (χ4n) is 3.68. The van der Waals surface area contributed by atoms with Crippen molar-refractivity contribution in [3.8, 4) is 0 Å². The van der Waals surface area contributed by atoms with Crippen LogP contribution < -0.4 is 0 Å². The Hall–Kier alpha value is -0.820. The smallest absolute Gasteiger partial charge is 0.0490 e. The third-order valence-corrected chi connectivity index (χ3v) is 4.74. The minimum absolute atomic E-state index is 0.201. The molecular formula is C16H22O. The molecule has 0 radical (unpaired) electrons. The predicted octanol–water partition coefficient (Wildman–Crippen LogP) is 3.27. The van der Waals surface area contributed by atoms with Crippen LogP contribution in [0.25, 0.3) is 0 Å². The lowest BCUT2D eigenvalue weighted by Crippen LogP contribution is -2.24. The lowest BCUT2D eigenvalue weighted by molar-refractivity contribution is 0.130. The summed E-state index contributed by atoms with van der Waals surface area (Å²) in [7, 11) is 0. The molecule has 0 amide bonds. The summed E-state index contributed by atoms with van der Waals surface area (Å²) in [6.07, 6.45) is 9.94. The molecule has 0 bridgehead atoms. The second kappa shape index (κ2) is 4.45. The molecule has 2 aliphatic carbocycles. The maximum absolute atomic E-state index is 9.67. The largest absolute Gasteiger partial charge is 0.396 e. The van der Waals surface area contributed by atoms with Gasteiger partial charge in [0.05, 0.1) is 0 Å². The number of rotatable bonds is 3. The minimum atomic E-state index is 0.201. The first-order chi connectivity index (χ1) is 8.31. The van der Waals surface area contributed by atoms with E-state index in [0.29, 0.717) is 6.61 Å². The first kappa shape index (κ1) is 11.3. The second-order valence-corrected chi connectivity index (χ2v) is 6.00. The monoisotopic (exact) mass is 230 g/mol. The maximum atomic E-state index is 9.67. The van der Waals surface area contributed by atoms with Gasteiger partial charge in [-0.25, -0.2) is 0 Å². The van der Waals surface area contributed by atoms with Crippen LogP contribution in [-0.4, -0.2) is 11.7 Å². The molecule has 2 aliphatic rings. The number of hydrogen-bond acceptors (Lipinski definition) is 1. The highest BCUT2D eigenvalue weighted by atomic mass is 16.3. The van der Waals surface area contributed by atoms with E-state index in [9.17, 15) is 5.11 Å². The van der Waals surface area contributed by atoms with E-state index in [1.165, 1.54) is 50.5 Å². The molecule has 0 heterocycles. The molecule has 0 unspecified atom stereocenters. The second-order valence-electron chi connectivity index (χ2n) is 6.00. The summed E-state index contributed by atoms with van der Waals surface area (Å²) in [5.74, 6) is 0. The molecule has 92 valence electrons. The Kier molecular flexibility index (Phi) is 2.96.